The summed E-state index contributed by atoms with van der Waals surface area (Å²) in [6.45, 7) is 4.53. The van der Waals surface area contributed by atoms with Gasteiger partial charge < -0.3 is 20.4 Å². The molecular weight excluding hydrogens is 407 g/mol. The lowest BCUT2D eigenvalue weighted by Crippen LogP contribution is -2.35. The van der Waals surface area contributed by atoms with Gasteiger partial charge in [0.15, 0.2) is 0 Å². The van der Waals surface area contributed by atoms with Crippen molar-refractivity contribution in [3.05, 3.63) is 70.7 Å². The second-order valence-electron chi connectivity index (χ2n) is 7.24. The van der Waals surface area contributed by atoms with Gasteiger partial charge in [-0.05, 0) is 67.8 Å². The molecule has 158 valence electrons. The Morgan fingerprint density at radius 1 is 1.17 bits per heavy atom. The van der Waals surface area contributed by atoms with Crippen LogP contribution in [-0.4, -0.2) is 26.7 Å². The van der Waals surface area contributed by atoms with E-state index in [2.05, 4.69) is 22.1 Å². The number of rotatable bonds is 4. The number of benzene rings is 2. The van der Waals surface area contributed by atoms with Gasteiger partial charge in [0.05, 0.1) is 18.3 Å². The molecule has 1 aromatic heterocycles. The fourth-order valence-electron chi connectivity index (χ4n) is 3.81. The van der Waals surface area contributed by atoms with Crippen LogP contribution in [-0.2, 0) is 13.0 Å². The van der Waals surface area contributed by atoms with Crippen LogP contribution in [0, 0.1) is 12.7 Å². The highest BCUT2D eigenvalue weighted by atomic mass is 35.5. The van der Waals surface area contributed by atoms with Gasteiger partial charge in [-0.1, -0.05) is 6.07 Å². The predicted molar refractivity (Wildman–Crippen MR) is 117 cm³/mol. The molecule has 3 aromatic rings. The third-order valence-corrected chi connectivity index (χ3v) is 5.41. The maximum absolute atomic E-state index is 13.2. The van der Waals surface area contributed by atoms with Gasteiger partial charge in [0.1, 0.15) is 17.4 Å². The van der Waals surface area contributed by atoms with Gasteiger partial charge in [-0.2, -0.15) is 4.98 Å². The summed E-state index contributed by atoms with van der Waals surface area (Å²) in [7, 11) is 0. The number of phenols is 1. The lowest BCUT2D eigenvalue weighted by Gasteiger charge is -2.37. The number of aliphatic hydroxyl groups excluding tert-OH is 1. The Balaban J connectivity index is 0.00000256. The number of halogens is 2. The molecule has 0 bridgehead atoms. The molecule has 2 aromatic carbocycles. The molecule has 6 nitrogen and oxygen atoms in total. The van der Waals surface area contributed by atoms with Crippen molar-refractivity contribution in [2.24, 2.45) is 0 Å². The molecule has 0 fully saturated rings. The average Bonchev–Trinajstić information content (AvgIpc) is 2.71. The molecule has 0 radical (unpaired) electrons. The van der Waals surface area contributed by atoms with Gasteiger partial charge in [0.25, 0.3) is 0 Å². The highest BCUT2D eigenvalue weighted by Crippen LogP contribution is 2.36. The number of aromatic nitrogens is 2. The van der Waals surface area contributed by atoms with Crippen molar-refractivity contribution in [2.45, 2.75) is 32.9 Å². The highest BCUT2D eigenvalue weighted by Gasteiger charge is 2.27. The molecule has 8 heteroatoms. The van der Waals surface area contributed by atoms with E-state index in [0.29, 0.717) is 17.3 Å². The summed E-state index contributed by atoms with van der Waals surface area (Å²) in [5, 5.41) is 22.7. The molecule has 0 amide bonds. The average molecular weight is 431 g/mol. The topological polar surface area (TPSA) is 81.5 Å². The number of nitrogens with zero attached hydrogens (tertiary/aromatic N) is 3. The van der Waals surface area contributed by atoms with Crippen LogP contribution in [0.1, 0.15) is 35.3 Å². The number of nitrogens with one attached hydrogen (secondary N) is 1. The van der Waals surface area contributed by atoms with Crippen molar-refractivity contribution in [1.82, 2.24) is 9.97 Å². The summed E-state index contributed by atoms with van der Waals surface area (Å²) in [5.74, 6) is 1.06. The van der Waals surface area contributed by atoms with E-state index < -0.39 is 0 Å². The molecule has 30 heavy (non-hydrogen) atoms. The van der Waals surface area contributed by atoms with E-state index in [0.717, 1.165) is 35.5 Å². The van der Waals surface area contributed by atoms with E-state index in [4.69, 9.17) is 4.98 Å². The Hall–Kier alpha value is -2.90. The molecule has 4 rings (SSSR count). The molecule has 1 unspecified atom stereocenters. The molecule has 3 N–H and O–H groups in total. The third-order valence-electron chi connectivity index (χ3n) is 5.41. The van der Waals surface area contributed by atoms with Crippen LogP contribution in [0.5, 0.6) is 5.75 Å². The van der Waals surface area contributed by atoms with Crippen molar-refractivity contribution in [1.29, 1.82) is 0 Å². The number of aliphatic hydroxyl groups is 1. The molecule has 1 aliphatic heterocycles. The number of hydrogen-bond acceptors (Lipinski definition) is 6. The standard InChI is InChI=1S/C22H23FN4O2.ClH/c1-13-20(12-28)25-22(24-17-5-3-16(23)4-6-17)26-21(13)27-10-9-15-11-18(29)7-8-19(15)14(27)2;/h3-8,11,14,28-29H,9-10,12H2,1-2H3,(H,24,25,26);1H. The van der Waals surface area contributed by atoms with E-state index in [9.17, 15) is 14.6 Å². The van der Waals surface area contributed by atoms with Gasteiger partial charge in [-0.25, -0.2) is 9.37 Å². The van der Waals surface area contributed by atoms with Crippen LogP contribution in [0.2, 0.25) is 0 Å². The van der Waals surface area contributed by atoms with E-state index >= 15 is 0 Å². The summed E-state index contributed by atoms with van der Waals surface area (Å²) in [4.78, 5) is 11.3. The maximum atomic E-state index is 13.2. The molecule has 0 saturated heterocycles. The fourth-order valence-corrected chi connectivity index (χ4v) is 3.81. The van der Waals surface area contributed by atoms with Crippen LogP contribution in [0.25, 0.3) is 0 Å². The Morgan fingerprint density at radius 2 is 1.90 bits per heavy atom. The highest BCUT2D eigenvalue weighted by molar-refractivity contribution is 5.85. The SMILES string of the molecule is Cc1c(CO)nc(Nc2ccc(F)cc2)nc1N1CCc2cc(O)ccc2C1C.Cl. The van der Waals surface area contributed by atoms with Gasteiger partial charge in [0, 0.05) is 17.8 Å². The molecule has 1 atom stereocenters. The first-order valence-corrected chi connectivity index (χ1v) is 9.55. The van der Waals surface area contributed by atoms with Crippen molar-refractivity contribution in [3.8, 4) is 5.75 Å². The van der Waals surface area contributed by atoms with Gasteiger partial charge >= 0.3 is 0 Å². The monoisotopic (exact) mass is 430 g/mol. The summed E-state index contributed by atoms with van der Waals surface area (Å²) in [5.41, 5.74) is 4.31. The van der Waals surface area contributed by atoms with Crippen LogP contribution >= 0.6 is 12.4 Å². The van der Waals surface area contributed by atoms with Crippen molar-refractivity contribution < 1.29 is 14.6 Å². The zero-order valence-corrected chi connectivity index (χ0v) is 17.6. The first kappa shape index (κ1) is 21.8. The molecular formula is C22H24ClFN4O2. The number of hydrogen-bond donors (Lipinski definition) is 3. The zero-order chi connectivity index (χ0) is 20.5. The normalized spacial score (nSPS) is 15.3. The van der Waals surface area contributed by atoms with E-state index in [-0.39, 0.29) is 36.6 Å². The number of phenolic OH excluding ortho intramolecular Hbond substituents is 1. The third kappa shape index (κ3) is 4.17. The number of aromatic hydroxyl groups is 1. The van der Waals surface area contributed by atoms with Crippen LogP contribution in [0.3, 0.4) is 0 Å². The molecule has 1 aliphatic rings. The summed E-state index contributed by atoms with van der Waals surface area (Å²) in [6, 6.07) is 11.5. The van der Waals surface area contributed by atoms with Gasteiger partial charge in [-0.15, -0.1) is 12.4 Å². The minimum Gasteiger partial charge on any atom is -0.508 e. The zero-order valence-electron chi connectivity index (χ0n) is 16.8. The number of fused-ring (bicyclic) bond motifs is 1. The van der Waals surface area contributed by atoms with Crippen LogP contribution in [0.4, 0.5) is 21.8 Å². The van der Waals surface area contributed by atoms with Gasteiger partial charge in [0.2, 0.25) is 5.95 Å². The maximum Gasteiger partial charge on any atom is 0.229 e. The quantitative estimate of drug-likeness (QED) is 0.568. The van der Waals surface area contributed by atoms with Crippen LogP contribution in [0.15, 0.2) is 42.5 Å². The minimum absolute atomic E-state index is 0. The lowest BCUT2D eigenvalue weighted by atomic mass is 9.93. The molecule has 0 aliphatic carbocycles. The first-order chi connectivity index (χ1) is 14.0. The second kappa shape index (κ2) is 8.85. The van der Waals surface area contributed by atoms with E-state index in [1.54, 1.807) is 18.2 Å². The molecule has 0 spiro atoms. The van der Waals surface area contributed by atoms with Crippen molar-refractivity contribution in [2.75, 3.05) is 16.8 Å². The summed E-state index contributed by atoms with van der Waals surface area (Å²) < 4.78 is 13.2. The minimum atomic E-state index is -0.316. The fraction of sp³-hybridized carbons (Fsp3) is 0.273. The predicted octanol–water partition coefficient (Wildman–Crippen LogP) is 4.41. The van der Waals surface area contributed by atoms with Gasteiger partial charge in [-0.3, -0.25) is 0 Å². The van der Waals surface area contributed by atoms with Crippen molar-refractivity contribution in [3.63, 3.8) is 0 Å². The van der Waals surface area contributed by atoms with E-state index in [1.165, 1.54) is 12.1 Å². The Kier molecular flexibility index (Phi) is 6.43. The smallest absolute Gasteiger partial charge is 0.229 e. The largest absolute Gasteiger partial charge is 0.508 e. The first-order valence-electron chi connectivity index (χ1n) is 9.55. The molecule has 2 heterocycles. The number of anilines is 3. The van der Waals surface area contributed by atoms with Crippen molar-refractivity contribution >= 4 is 29.9 Å². The Morgan fingerprint density at radius 3 is 2.60 bits per heavy atom. The summed E-state index contributed by atoms with van der Waals surface area (Å²) >= 11 is 0. The Bertz CT molecular complexity index is 1050. The van der Waals surface area contributed by atoms with E-state index in [1.807, 2.05) is 19.1 Å². The summed E-state index contributed by atoms with van der Waals surface area (Å²) in [6.07, 6.45) is 0.784. The second-order valence-corrected chi connectivity index (χ2v) is 7.24. The molecule has 0 saturated carbocycles. The van der Waals surface area contributed by atoms with Crippen LogP contribution < -0.4 is 10.2 Å². The Labute approximate surface area is 180 Å². The lowest BCUT2D eigenvalue weighted by molar-refractivity contribution is 0.276.